The van der Waals surface area contributed by atoms with Gasteiger partial charge in [-0.3, -0.25) is 4.79 Å². The molecule has 1 heterocycles. The lowest BCUT2D eigenvalue weighted by Gasteiger charge is -2.19. The molecule has 0 saturated carbocycles. The van der Waals surface area contributed by atoms with Crippen molar-refractivity contribution in [3.05, 3.63) is 100 Å². The topological polar surface area (TPSA) is 29.1 Å². The lowest BCUT2D eigenvalue weighted by Crippen LogP contribution is -2.27. The molecule has 0 unspecified atom stereocenters. The summed E-state index contributed by atoms with van der Waals surface area (Å²) in [6.07, 6.45) is 3.43. The maximum absolute atomic E-state index is 12.3. The highest BCUT2D eigenvalue weighted by Gasteiger charge is 2.15. The summed E-state index contributed by atoms with van der Waals surface area (Å²) in [6, 6.07) is 23.8. The maximum atomic E-state index is 12.3. The fraction of sp³-hybridized carbons (Fsp3) is 0.0500. The Balaban J connectivity index is 1.80. The van der Waals surface area contributed by atoms with Crippen molar-refractivity contribution in [2.45, 2.75) is 6.04 Å². The molecule has 0 spiro atoms. The minimum atomic E-state index is -0.155. The van der Waals surface area contributed by atoms with Crippen molar-refractivity contribution in [2.75, 3.05) is 0 Å². The van der Waals surface area contributed by atoms with Crippen LogP contribution in [0.1, 0.15) is 22.0 Å². The van der Waals surface area contributed by atoms with Crippen molar-refractivity contribution in [3.63, 3.8) is 0 Å². The summed E-state index contributed by atoms with van der Waals surface area (Å²) in [4.78, 5) is 13.4. The van der Waals surface area contributed by atoms with Crippen LogP contribution in [0, 0.1) is 0 Å². The first-order chi connectivity index (χ1) is 11.3. The van der Waals surface area contributed by atoms with E-state index in [-0.39, 0.29) is 11.9 Å². The predicted octanol–water partition coefficient (Wildman–Crippen LogP) is 4.67. The van der Waals surface area contributed by atoms with Crippen LogP contribution in [0.2, 0.25) is 0 Å². The van der Waals surface area contributed by atoms with E-state index < -0.39 is 0 Å². The molecule has 0 aliphatic carbocycles. The van der Waals surface area contributed by atoms with E-state index in [0.717, 1.165) is 16.0 Å². The normalized spacial score (nSPS) is 11.0. The maximum Gasteiger partial charge on any atom is 0.244 e. The number of rotatable bonds is 5. The second-order valence-electron chi connectivity index (χ2n) is 5.11. The molecule has 2 aromatic carbocycles. The van der Waals surface area contributed by atoms with Crippen LogP contribution >= 0.6 is 11.3 Å². The van der Waals surface area contributed by atoms with Crippen molar-refractivity contribution >= 4 is 23.3 Å². The van der Waals surface area contributed by atoms with Crippen LogP contribution in [-0.4, -0.2) is 5.91 Å². The zero-order chi connectivity index (χ0) is 15.9. The molecule has 0 fully saturated rings. The van der Waals surface area contributed by atoms with Crippen LogP contribution in [0.3, 0.4) is 0 Å². The van der Waals surface area contributed by atoms with E-state index in [1.807, 2.05) is 84.3 Å². The number of benzene rings is 2. The molecule has 3 rings (SSSR count). The van der Waals surface area contributed by atoms with Crippen molar-refractivity contribution in [3.8, 4) is 0 Å². The first kappa shape index (κ1) is 15.3. The fourth-order valence-electron chi connectivity index (χ4n) is 2.38. The number of thiophene rings is 1. The van der Waals surface area contributed by atoms with E-state index in [4.69, 9.17) is 0 Å². The number of carbonyl (C=O) groups is 1. The molecule has 114 valence electrons. The summed E-state index contributed by atoms with van der Waals surface area (Å²) >= 11 is 1.61. The van der Waals surface area contributed by atoms with Gasteiger partial charge in [-0.1, -0.05) is 66.7 Å². The molecule has 23 heavy (non-hydrogen) atoms. The van der Waals surface area contributed by atoms with E-state index in [1.165, 1.54) is 0 Å². The van der Waals surface area contributed by atoms with Crippen LogP contribution in [-0.2, 0) is 4.79 Å². The molecular weight excluding hydrogens is 302 g/mol. The first-order valence-corrected chi connectivity index (χ1v) is 8.33. The lowest BCUT2D eigenvalue weighted by molar-refractivity contribution is -0.116. The molecule has 3 aromatic rings. The summed E-state index contributed by atoms with van der Waals surface area (Å²) in [6.45, 7) is 0. The smallest absolute Gasteiger partial charge is 0.244 e. The lowest BCUT2D eigenvalue weighted by atomic mass is 9.99. The highest BCUT2D eigenvalue weighted by Crippen LogP contribution is 2.21. The van der Waals surface area contributed by atoms with Gasteiger partial charge in [0.1, 0.15) is 0 Å². The Morgan fingerprint density at radius 1 is 0.870 bits per heavy atom. The van der Waals surface area contributed by atoms with Crippen LogP contribution in [0.4, 0.5) is 0 Å². The Morgan fingerprint density at radius 2 is 1.48 bits per heavy atom. The van der Waals surface area contributed by atoms with Crippen LogP contribution in [0.25, 0.3) is 6.08 Å². The van der Waals surface area contributed by atoms with Gasteiger partial charge >= 0.3 is 0 Å². The van der Waals surface area contributed by atoms with Crippen molar-refractivity contribution in [2.24, 2.45) is 0 Å². The number of carbonyl (C=O) groups excluding carboxylic acids is 1. The molecule has 0 aliphatic heterocycles. The molecule has 0 atom stereocenters. The van der Waals surface area contributed by atoms with E-state index in [0.29, 0.717) is 0 Å². The highest BCUT2D eigenvalue weighted by molar-refractivity contribution is 7.10. The monoisotopic (exact) mass is 319 g/mol. The first-order valence-electron chi connectivity index (χ1n) is 7.45. The summed E-state index contributed by atoms with van der Waals surface area (Å²) in [5, 5.41) is 5.09. The molecule has 0 bridgehead atoms. The Kier molecular flexibility index (Phi) is 5.02. The van der Waals surface area contributed by atoms with Gasteiger partial charge < -0.3 is 5.32 Å². The largest absolute Gasteiger partial charge is 0.342 e. The van der Waals surface area contributed by atoms with Crippen LogP contribution in [0.15, 0.2) is 84.3 Å². The average Bonchev–Trinajstić information content (AvgIpc) is 3.13. The Bertz CT molecular complexity index is 724. The minimum Gasteiger partial charge on any atom is -0.342 e. The van der Waals surface area contributed by atoms with E-state index in [1.54, 1.807) is 17.4 Å². The number of hydrogen-bond acceptors (Lipinski definition) is 2. The fourth-order valence-corrected chi connectivity index (χ4v) is 3.00. The van der Waals surface area contributed by atoms with Crippen LogP contribution < -0.4 is 5.32 Å². The minimum absolute atomic E-state index is 0.101. The quantitative estimate of drug-likeness (QED) is 0.680. The van der Waals surface area contributed by atoms with Gasteiger partial charge in [-0.15, -0.1) is 11.3 Å². The van der Waals surface area contributed by atoms with E-state index >= 15 is 0 Å². The van der Waals surface area contributed by atoms with Crippen molar-refractivity contribution < 1.29 is 4.79 Å². The van der Waals surface area contributed by atoms with Crippen molar-refractivity contribution in [1.29, 1.82) is 0 Å². The Morgan fingerprint density at radius 3 is 2.00 bits per heavy atom. The summed E-state index contributed by atoms with van der Waals surface area (Å²) < 4.78 is 0. The molecule has 1 N–H and O–H groups in total. The Hall–Kier alpha value is -2.65. The van der Waals surface area contributed by atoms with Gasteiger partial charge in [0.15, 0.2) is 0 Å². The van der Waals surface area contributed by atoms with Gasteiger partial charge in [-0.05, 0) is 28.6 Å². The third-order valence-electron chi connectivity index (χ3n) is 3.49. The zero-order valence-corrected chi connectivity index (χ0v) is 13.4. The second kappa shape index (κ2) is 7.56. The molecule has 0 aliphatic rings. The molecular formula is C20H17NOS. The average molecular weight is 319 g/mol. The summed E-state index contributed by atoms with van der Waals surface area (Å²) in [5.74, 6) is -0.101. The van der Waals surface area contributed by atoms with Gasteiger partial charge in [-0.25, -0.2) is 0 Å². The SMILES string of the molecule is O=C(/C=C/c1cccs1)NC(c1ccccc1)c1ccccc1. The standard InChI is InChI=1S/C20H17NOS/c22-19(14-13-18-12-7-15-23-18)21-20(16-8-3-1-4-9-16)17-10-5-2-6-11-17/h1-15,20H,(H,21,22)/b14-13+. The second-order valence-corrected chi connectivity index (χ2v) is 6.09. The molecule has 1 amide bonds. The number of amides is 1. The number of nitrogens with one attached hydrogen (secondary N) is 1. The number of hydrogen-bond donors (Lipinski definition) is 1. The Labute approximate surface area is 140 Å². The molecule has 2 nitrogen and oxygen atoms in total. The molecule has 3 heteroatoms. The van der Waals surface area contributed by atoms with Gasteiger partial charge in [-0.2, -0.15) is 0 Å². The summed E-state index contributed by atoms with van der Waals surface area (Å²) in [7, 11) is 0. The van der Waals surface area contributed by atoms with Crippen molar-refractivity contribution in [1.82, 2.24) is 5.32 Å². The van der Waals surface area contributed by atoms with E-state index in [9.17, 15) is 4.79 Å². The van der Waals surface area contributed by atoms with E-state index in [2.05, 4.69) is 5.32 Å². The zero-order valence-electron chi connectivity index (χ0n) is 12.6. The van der Waals surface area contributed by atoms with Gasteiger partial charge in [0.2, 0.25) is 5.91 Å². The van der Waals surface area contributed by atoms with Crippen LogP contribution in [0.5, 0.6) is 0 Å². The molecule has 0 radical (unpaired) electrons. The predicted molar refractivity (Wildman–Crippen MR) is 96.2 cm³/mol. The highest BCUT2D eigenvalue weighted by atomic mass is 32.1. The van der Waals surface area contributed by atoms with Gasteiger partial charge in [0.25, 0.3) is 0 Å². The third-order valence-corrected chi connectivity index (χ3v) is 4.33. The van der Waals surface area contributed by atoms with Gasteiger partial charge in [0.05, 0.1) is 6.04 Å². The molecule has 0 saturated heterocycles. The summed E-state index contributed by atoms with van der Waals surface area (Å²) in [5.41, 5.74) is 2.13. The van der Waals surface area contributed by atoms with Gasteiger partial charge in [0, 0.05) is 11.0 Å². The third kappa shape index (κ3) is 4.18. The molecule has 1 aromatic heterocycles.